The van der Waals surface area contributed by atoms with Gasteiger partial charge in [0.25, 0.3) is 0 Å². The third-order valence-electron chi connectivity index (χ3n) is 4.59. The molecule has 1 atom stereocenters. The van der Waals surface area contributed by atoms with Gasteiger partial charge in [0, 0.05) is 31.0 Å². The SMILES string of the molecule is CCN(C)C(=O)OC1CCc2c(sc(NC(=O)/C=C/c3ccsc3)c2C#N)C1. The van der Waals surface area contributed by atoms with Gasteiger partial charge in [0.2, 0.25) is 5.91 Å². The van der Waals surface area contributed by atoms with Crippen LogP contribution in [0.1, 0.15) is 34.9 Å². The Morgan fingerprint density at radius 3 is 3.00 bits per heavy atom. The molecule has 1 aliphatic carbocycles. The normalized spacial score (nSPS) is 15.7. The minimum atomic E-state index is -0.333. The smallest absolute Gasteiger partial charge is 0.409 e. The molecule has 0 bridgehead atoms. The van der Waals surface area contributed by atoms with Gasteiger partial charge >= 0.3 is 6.09 Å². The standard InChI is InChI=1S/C20H21N3O3S2/c1-3-23(2)20(25)26-14-5-6-15-16(11-21)19(28-17(15)10-14)22-18(24)7-4-13-8-9-27-12-13/h4,7-9,12,14H,3,5-6,10H2,1-2H3,(H,22,24)/b7-4+. The fraction of sp³-hybridized carbons (Fsp3) is 0.350. The van der Waals surface area contributed by atoms with Crippen molar-refractivity contribution in [2.24, 2.45) is 0 Å². The van der Waals surface area contributed by atoms with Crippen LogP contribution in [0.4, 0.5) is 9.80 Å². The summed E-state index contributed by atoms with van der Waals surface area (Å²) < 4.78 is 5.56. The first-order chi connectivity index (χ1) is 13.5. The lowest BCUT2D eigenvalue weighted by Gasteiger charge is -2.24. The number of ether oxygens (including phenoxy) is 1. The zero-order valence-corrected chi connectivity index (χ0v) is 17.4. The van der Waals surface area contributed by atoms with Crippen molar-refractivity contribution in [1.29, 1.82) is 5.26 Å². The van der Waals surface area contributed by atoms with Crippen molar-refractivity contribution in [2.45, 2.75) is 32.3 Å². The first-order valence-corrected chi connectivity index (χ1v) is 10.7. The van der Waals surface area contributed by atoms with Gasteiger partial charge in [0.05, 0.1) is 5.56 Å². The van der Waals surface area contributed by atoms with Crippen molar-refractivity contribution < 1.29 is 14.3 Å². The predicted octanol–water partition coefficient (Wildman–Crippen LogP) is 4.28. The van der Waals surface area contributed by atoms with E-state index in [4.69, 9.17) is 4.74 Å². The largest absolute Gasteiger partial charge is 0.446 e. The molecule has 1 aliphatic rings. The Balaban J connectivity index is 1.69. The first-order valence-electron chi connectivity index (χ1n) is 8.99. The molecule has 2 aromatic rings. The van der Waals surface area contributed by atoms with Gasteiger partial charge in [0.15, 0.2) is 0 Å². The van der Waals surface area contributed by atoms with Crippen LogP contribution in [0.5, 0.6) is 0 Å². The average Bonchev–Trinajstić information content (AvgIpc) is 3.32. The molecular formula is C20H21N3O3S2. The van der Waals surface area contributed by atoms with E-state index in [1.807, 2.05) is 23.8 Å². The molecular weight excluding hydrogens is 394 g/mol. The lowest BCUT2D eigenvalue weighted by atomic mass is 9.94. The Morgan fingerprint density at radius 1 is 1.50 bits per heavy atom. The number of nitrogens with one attached hydrogen (secondary N) is 1. The molecule has 146 valence electrons. The van der Waals surface area contributed by atoms with Crippen LogP contribution in [0, 0.1) is 11.3 Å². The van der Waals surface area contributed by atoms with E-state index in [0.717, 1.165) is 16.0 Å². The molecule has 1 unspecified atom stereocenters. The maximum Gasteiger partial charge on any atom is 0.409 e. The topological polar surface area (TPSA) is 82.4 Å². The number of rotatable bonds is 5. The number of thiophene rings is 2. The van der Waals surface area contributed by atoms with Crippen molar-refractivity contribution >= 4 is 45.8 Å². The zero-order valence-electron chi connectivity index (χ0n) is 15.7. The molecule has 28 heavy (non-hydrogen) atoms. The third kappa shape index (κ3) is 4.61. The number of fused-ring (bicyclic) bond motifs is 1. The van der Waals surface area contributed by atoms with Crippen molar-refractivity contribution in [1.82, 2.24) is 4.90 Å². The molecule has 8 heteroatoms. The molecule has 0 aromatic carbocycles. The third-order valence-corrected chi connectivity index (χ3v) is 6.46. The number of nitrogens with zero attached hydrogens (tertiary/aromatic N) is 2. The second kappa shape index (κ2) is 9.04. The minimum Gasteiger partial charge on any atom is -0.446 e. The van der Waals surface area contributed by atoms with Gasteiger partial charge in [-0.2, -0.15) is 16.6 Å². The Kier molecular flexibility index (Phi) is 6.49. The molecule has 0 saturated heterocycles. The van der Waals surface area contributed by atoms with Crippen LogP contribution in [-0.4, -0.2) is 36.6 Å². The fourth-order valence-corrected chi connectivity index (χ4v) is 4.81. The van der Waals surface area contributed by atoms with E-state index in [2.05, 4.69) is 11.4 Å². The summed E-state index contributed by atoms with van der Waals surface area (Å²) in [5, 5.41) is 16.8. The molecule has 0 fully saturated rings. The second-order valence-corrected chi connectivity index (χ2v) is 8.35. The average molecular weight is 416 g/mol. The summed E-state index contributed by atoms with van der Waals surface area (Å²) >= 11 is 2.96. The Hall–Kier alpha value is -2.63. The Morgan fingerprint density at radius 2 is 2.32 bits per heavy atom. The van der Waals surface area contributed by atoms with Crippen LogP contribution in [0.15, 0.2) is 22.9 Å². The summed E-state index contributed by atoms with van der Waals surface area (Å²) in [5.74, 6) is -0.270. The van der Waals surface area contributed by atoms with Crippen molar-refractivity contribution in [3.8, 4) is 6.07 Å². The van der Waals surface area contributed by atoms with E-state index < -0.39 is 0 Å². The molecule has 6 nitrogen and oxygen atoms in total. The van der Waals surface area contributed by atoms with E-state index in [1.165, 1.54) is 22.3 Å². The highest BCUT2D eigenvalue weighted by Gasteiger charge is 2.28. The lowest BCUT2D eigenvalue weighted by molar-refractivity contribution is -0.111. The molecule has 0 aliphatic heterocycles. The molecule has 0 radical (unpaired) electrons. The highest BCUT2D eigenvalue weighted by molar-refractivity contribution is 7.16. The van der Waals surface area contributed by atoms with Gasteiger partial charge in [-0.3, -0.25) is 4.79 Å². The maximum atomic E-state index is 12.2. The molecule has 0 saturated carbocycles. The number of anilines is 1. The summed E-state index contributed by atoms with van der Waals surface area (Å²) in [6.45, 7) is 2.48. The van der Waals surface area contributed by atoms with E-state index in [9.17, 15) is 14.9 Å². The number of carbonyl (C=O) groups excluding carboxylic acids is 2. The summed E-state index contributed by atoms with van der Waals surface area (Å²) in [7, 11) is 1.70. The van der Waals surface area contributed by atoms with Gasteiger partial charge in [0.1, 0.15) is 17.2 Å². The van der Waals surface area contributed by atoms with Crippen LogP contribution < -0.4 is 5.32 Å². The fourth-order valence-electron chi connectivity index (χ4n) is 2.92. The number of nitriles is 1. The minimum absolute atomic E-state index is 0.207. The van der Waals surface area contributed by atoms with Crippen LogP contribution in [0.2, 0.25) is 0 Å². The molecule has 1 N–H and O–H groups in total. The van der Waals surface area contributed by atoms with Gasteiger partial charge in [-0.25, -0.2) is 4.79 Å². The predicted molar refractivity (Wildman–Crippen MR) is 112 cm³/mol. The van der Waals surface area contributed by atoms with E-state index in [1.54, 1.807) is 24.5 Å². The van der Waals surface area contributed by atoms with Gasteiger partial charge in [-0.1, -0.05) is 0 Å². The van der Waals surface area contributed by atoms with Crippen LogP contribution in [0.3, 0.4) is 0 Å². The number of carbonyl (C=O) groups is 2. The highest BCUT2D eigenvalue weighted by atomic mass is 32.1. The number of hydrogen-bond donors (Lipinski definition) is 1. The van der Waals surface area contributed by atoms with Crippen molar-refractivity contribution in [2.75, 3.05) is 18.9 Å². The van der Waals surface area contributed by atoms with Crippen molar-refractivity contribution in [3.63, 3.8) is 0 Å². The molecule has 2 aromatic heterocycles. The Labute approximate surface area is 172 Å². The summed E-state index contributed by atoms with van der Waals surface area (Å²) in [4.78, 5) is 26.7. The summed E-state index contributed by atoms with van der Waals surface area (Å²) in [6.07, 6.45) is 4.56. The van der Waals surface area contributed by atoms with Gasteiger partial charge in [-0.15, -0.1) is 11.3 Å². The summed E-state index contributed by atoms with van der Waals surface area (Å²) in [5.41, 5.74) is 2.45. The van der Waals surface area contributed by atoms with E-state index in [-0.39, 0.29) is 18.1 Å². The van der Waals surface area contributed by atoms with Gasteiger partial charge in [-0.05, 0) is 53.8 Å². The number of amides is 2. The maximum absolute atomic E-state index is 12.2. The first kappa shape index (κ1) is 20.1. The molecule has 2 amide bonds. The van der Waals surface area contributed by atoms with Crippen LogP contribution in [-0.2, 0) is 22.4 Å². The lowest BCUT2D eigenvalue weighted by Crippen LogP contribution is -2.33. The van der Waals surface area contributed by atoms with E-state index >= 15 is 0 Å². The molecule has 3 rings (SSSR count). The van der Waals surface area contributed by atoms with Crippen molar-refractivity contribution in [3.05, 3.63) is 44.5 Å². The Bertz CT molecular complexity index is 925. The molecule has 0 spiro atoms. The summed E-state index contributed by atoms with van der Waals surface area (Å²) in [6, 6.07) is 4.15. The zero-order chi connectivity index (χ0) is 20.1. The van der Waals surface area contributed by atoms with E-state index in [0.29, 0.717) is 36.4 Å². The number of hydrogen-bond acceptors (Lipinski definition) is 6. The monoisotopic (exact) mass is 415 g/mol. The highest BCUT2D eigenvalue weighted by Crippen LogP contribution is 2.38. The molecule has 2 heterocycles. The van der Waals surface area contributed by atoms with Gasteiger partial charge < -0.3 is 15.0 Å². The van der Waals surface area contributed by atoms with Crippen LogP contribution in [0.25, 0.3) is 6.08 Å². The second-order valence-electron chi connectivity index (χ2n) is 6.46. The van der Waals surface area contributed by atoms with Crippen LogP contribution >= 0.6 is 22.7 Å². The quantitative estimate of drug-likeness (QED) is 0.739.